The van der Waals surface area contributed by atoms with Crippen molar-refractivity contribution >= 4 is 11.4 Å². The van der Waals surface area contributed by atoms with E-state index < -0.39 is 6.10 Å². The molecular weight excluding hydrogens is 306 g/mol. The summed E-state index contributed by atoms with van der Waals surface area (Å²) in [6.07, 6.45) is 7.06. The summed E-state index contributed by atoms with van der Waals surface area (Å²) in [7, 11) is 0. The number of pyridine rings is 1. The monoisotopic (exact) mass is 325 g/mol. The second-order valence-electron chi connectivity index (χ2n) is 6.46. The number of carbonyl (C=O) groups excluding carboxylic acids is 1. The van der Waals surface area contributed by atoms with Gasteiger partial charge < -0.3 is 10.4 Å². The van der Waals surface area contributed by atoms with Gasteiger partial charge in [0.15, 0.2) is 0 Å². The molecule has 0 saturated heterocycles. The SMILES string of the molecule is Cc1ccn2ncc(C(=O)N[C@H]3C[C@@H](O)[C@@H]3n3cc(C)cn3)c2c1. The Morgan fingerprint density at radius 2 is 2.12 bits per heavy atom. The molecule has 3 heterocycles. The Kier molecular flexibility index (Phi) is 3.38. The van der Waals surface area contributed by atoms with Crippen molar-refractivity contribution < 1.29 is 9.90 Å². The molecule has 4 rings (SSSR count). The molecule has 0 unspecified atom stereocenters. The average molecular weight is 325 g/mol. The number of fused-ring (bicyclic) bond motifs is 1. The summed E-state index contributed by atoms with van der Waals surface area (Å²) in [5, 5.41) is 21.5. The van der Waals surface area contributed by atoms with Crippen LogP contribution in [0.4, 0.5) is 0 Å². The predicted molar refractivity (Wildman–Crippen MR) is 87.8 cm³/mol. The fraction of sp³-hybridized carbons (Fsp3) is 0.353. The summed E-state index contributed by atoms with van der Waals surface area (Å²) in [4.78, 5) is 12.6. The molecule has 0 aliphatic heterocycles. The largest absolute Gasteiger partial charge is 0.391 e. The number of carbonyl (C=O) groups is 1. The topological polar surface area (TPSA) is 84.5 Å². The van der Waals surface area contributed by atoms with E-state index in [1.807, 2.05) is 38.4 Å². The Balaban J connectivity index is 1.56. The standard InChI is InChI=1S/C17H19N5O2/c1-10-3-4-21-14(5-10)12(8-19-21)17(24)20-13-6-15(23)16(13)22-9-11(2)7-18-22/h3-5,7-9,13,15-16,23H,6H2,1-2H3,(H,20,24)/t13-,15+,16+/m0/s1. The molecule has 0 radical (unpaired) electrons. The minimum absolute atomic E-state index is 0.147. The molecule has 1 amide bonds. The highest BCUT2D eigenvalue weighted by atomic mass is 16.3. The maximum absolute atomic E-state index is 12.6. The van der Waals surface area contributed by atoms with Gasteiger partial charge in [-0.3, -0.25) is 9.48 Å². The number of aliphatic hydroxyl groups is 1. The van der Waals surface area contributed by atoms with Crippen LogP contribution in [0.1, 0.15) is 33.9 Å². The molecule has 1 fully saturated rings. The molecule has 1 aliphatic rings. The molecular formula is C17H19N5O2. The van der Waals surface area contributed by atoms with E-state index in [0.717, 1.165) is 16.6 Å². The van der Waals surface area contributed by atoms with E-state index in [2.05, 4.69) is 15.5 Å². The van der Waals surface area contributed by atoms with Crippen LogP contribution in [-0.2, 0) is 0 Å². The van der Waals surface area contributed by atoms with Gasteiger partial charge in [0, 0.05) is 12.4 Å². The number of rotatable bonds is 3. The Bertz CT molecular complexity index is 913. The predicted octanol–water partition coefficient (Wildman–Crippen LogP) is 1.25. The Morgan fingerprint density at radius 3 is 2.83 bits per heavy atom. The van der Waals surface area contributed by atoms with Crippen LogP contribution < -0.4 is 5.32 Å². The molecule has 7 heteroatoms. The van der Waals surface area contributed by atoms with Gasteiger partial charge >= 0.3 is 0 Å². The number of aromatic nitrogens is 4. The molecule has 3 aromatic rings. The van der Waals surface area contributed by atoms with Crippen molar-refractivity contribution in [3.8, 4) is 0 Å². The van der Waals surface area contributed by atoms with Crippen molar-refractivity contribution in [2.24, 2.45) is 0 Å². The molecule has 0 spiro atoms. The molecule has 2 N–H and O–H groups in total. The number of nitrogens with zero attached hydrogens (tertiary/aromatic N) is 4. The van der Waals surface area contributed by atoms with E-state index in [4.69, 9.17) is 0 Å². The molecule has 3 aromatic heterocycles. The second-order valence-corrected chi connectivity index (χ2v) is 6.46. The fourth-order valence-electron chi connectivity index (χ4n) is 3.22. The van der Waals surface area contributed by atoms with E-state index in [0.29, 0.717) is 12.0 Å². The van der Waals surface area contributed by atoms with E-state index >= 15 is 0 Å². The number of hydrogen-bond acceptors (Lipinski definition) is 4. The lowest BCUT2D eigenvalue weighted by Crippen LogP contribution is -2.56. The van der Waals surface area contributed by atoms with Gasteiger partial charge in [-0.15, -0.1) is 0 Å². The third-order valence-electron chi connectivity index (χ3n) is 4.58. The Morgan fingerprint density at radius 1 is 1.29 bits per heavy atom. The highest BCUT2D eigenvalue weighted by Gasteiger charge is 2.43. The van der Waals surface area contributed by atoms with Crippen molar-refractivity contribution in [3.05, 3.63) is 53.6 Å². The summed E-state index contributed by atoms with van der Waals surface area (Å²) < 4.78 is 3.42. The van der Waals surface area contributed by atoms with Crippen LogP contribution in [0.25, 0.3) is 5.52 Å². The van der Waals surface area contributed by atoms with Crippen LogP contribution in [0.5, 0.6) is 0 Å². The van der Waals surface area contributed by atoms with Crippen molar-refractivity contribution in [1.29, 1.82) is 0 Å². The maximum atomic E-state index is 12.6. The van der Waals surface area contributed by atoms with Crippen LogP contribution in [0, 0.1) is 13.8 Å². The van der Waals surface area contributed by atoms with E-state index in [9.17, 15) is 9.90 Å². The van der Waals surface area contributed by atoms with Gasteiger partial charge in [0.1, 0.15) is 0 Å². The van der Waals surface area contributed by atoms with E-state index in [-0.39, 0.29) is 18.0 Å². The number of nitrogens with one attached hydrogen (secondary N) is 1. The average Bonchev–Trinajstić information content (AvgIpc) is 3.12. The van der Waals surface area contributed by atoms with Crippen molar-refractivity contribution in [2.45, 2.75) is 38.5 Å². The minimum atomic E-state index is -0.499. The lowest BCUT2D eigenvalue weighted by molar-refractivity contribution is -0.00587. The van der Waals surface area contributed by atoms with Gasteiger partial charge in [-0.1, -0.05) is 0 Å². The highest BCUT2D eigenvalue weighted by Crippen LogP contribution is 2.33. The molecule has 1 aliphatic carbocycles. The zero-order valence-electron chi connectivity index (χ0n) is 13.5. The van der Waals surface area contributed by atoms with Crippen LogP contribution in [0.15, 0.2) is 36.9 Å². The first-order valence-corrected chi connectivity index (χ1v) is 7.96. The summed E-state index contributed by atoms with van der Waals surface area (Å²) in [5.74, 6) is -0.179. The fourth-order valence-corrected chi connectivity index (χ4v) is 3.22. The molecule has 3 atom stereocenters. The maximum Gasteiger partial charge on any atom is 0.255 e. The Labute approximate surface area is 138 Å². The molecule has 124 valence electrons. The lowest BCUT2D eigenvalue weighted by Gasteiger charge is -2.41. The third kappa shape index (κ3) is 2.37. The summed E-state index contributed by atoms with van der Waals surface area (Å²) in [6, 6.07) is 3.50. The van der Waals surface area contributed by atoms with E-state index in [1.165, 1.54) is 0 Å². The minimum Gasteiger partial charge on any atom is -0.391 e. The van der Waals surface area contributed by atoms with Gasteiger partial charge in [0.2, 0.25) is 0 Å². The lowest BCUT2D eigenvalue weighted by atomic mass is 9.83. The molecule has 7 nitrogen and oxygen atoms in total. The summed E-state index contributed by atoms with van der Waals surface area (Å²) in [5.41, 5.74) is 3.41. The zero-order chi connectivity index (χ0) is 16.8. The van der Waals surface area contributed by atoms with Crippen LogP contribution in [0.2, 0.25) is 0 Å². The Hall–Kier alpha value is -2.67. The molecule has 24 heavy (non-hydrogen) atoms. The van der Waals surface area contributed by atoms with Crippen molar-refractivity contribution in [2.75, 3.05) is 0 Å². The highest BCUT2D eigenvalue weighted by molar-refractivity contribution is 6.00. The van der Waals surface area contributed by atoms with Crippen LogP contribution in [-0.4, -0.2) is 42.6 Å². The van der Waals surface area contributed by atoms with Gasteiger partial charge in [-0.25, -0.2) is 4.52 Å². The van der Waals surface area contributed by atoms with Gasteiger partial charge in [-0.2, -0.15) is 10.2 Å². The van der Waals surface area contributed by atoms with Gasteiger partial charge in [-0.05, 0) is 43.5 Å². The molecule has 0 aromatic carbocycles. The first-order valence-electron chi connectivity index (χ1n) is 7.96. The number of aliphatic hydroxyl groups excluding tert-OH is 1. The zero-order valence-corrected chi connectivity index (χ0v) is 13.5. The normalized spacial score (nSPS) is 23.2. The van der Waals surface area contributed by atoms with Gasteiger partial charge in [0.05, 0.1) is 41.7 Å². The number of hydrogen-bond donors (Lipinski definition) is 2. The van der Waals surface area contributed by atoms with Crippen LogP contribution in [0.3, 0.4) is 0 Å². The first-order chi connectivity index (χ1) is 11.5. The first kappa shape index (κ1) is 14.9. The third-order valence-corrected chi connectivity index (χ3v) is 4.58. The van der Waals surface area contributed by atoms with E-state index in [1.54, 1.807) is 21.6 Å². The summed E-state index contributed by atoms with van der Waals surface area (Å²) in [6.45, 7) is 3.93. The van der Waals surface area contributed by atoms with Crippen LogP contribution >= 0.6 is 0 Å². The smallest absolute Gasteiger partial charge is 0.255 e. The molecule has 1 saturated carbocycles. The summed E-state index contributed by atoms with van der Waals surface area (Å²) >= 11 is 0. The quantitative estimate of drug-likeness (QED) is 0.759. The molecule has 0 bridgehead atoms. The van der Waals surface area contributed by atoms with Gasteiger partial charge in [0.25, 0.3) is 5.91 Å². The number of aryl methyl sites for hydroxylation is 2. The second kappa shape index (κ2) is 5.45. The van der Waals surface area contributed by atoms with Crippen molar-refractivity contribution in [1.82, 2.24) is 24.7 Å². The van der Waals surface area contributed by atoms with Crippen molar-refractivity contribution in [3.63, 3.8) is 0 Å². The number of amides is 1.